The molecule has 1 aromatic heterocycles. The van der Waals surface area contributed by atoms with Crippen molar-refractivity contribution in [2.24, 2.45) is 0 Å². The average molecular weight is 291 g/mol. The lowest BCUT2D eigenvalue weighted by molar-refractivity contribution is -0.128. The Balaban J connectivity index is 2.01. The summed E-state index contributed by atoms with van der Waals surface area (Å²) in [6.07, 6.45) is 6.49. The van der Waals surface area contributed by atoms with Crippen LogP contribution in [-0.4, -0.2) is 47.1 Å². The van der Waals surface area contributed by atoms with Gasteiger partial charge in [0.15, 0.2) is 0 Å². The van der Waals surface area contributed by atoms with Crippen LogP contribution in [0.2, 0.25) is 0 Å². The molecule has 0 unspecified atom stereocenters. The quantitative estimate of drug-likeness (QED) is 0.792. The van der Waals surface area contributed by atoms with Crippen molar-refractivity contribution >= 4 is 5.91 Å². The SMILES string of the molecule is COc1nccnc1O[C@@H]1CCCN(C(=O)C=C(C)C)C1. The van der Waals surface area contributed by atoms with Crippen LogP contribution < -0.4 is 9.47 Å². The van der Waals surface area contributed by atoms with Crippen molar-refractivity contribution in [3.05, 3.63) is 24.0 Å². The molecule has 2 rings (SSSR count). The molecule has 1 aromatic rings. The number of ether oxygens (including phenoxy) is 2. The maximum Gasteiger partial charge on any atom is 0.278 e. The van der Waals surface area contributed by atoms with E-state index < -0.39 is 0 Å². The van der Waals surface area contributed by atoms with E-state index in [1.54, 1.807) is 18.5 Å². The van der Waals surface area contributed by atoms with E-state index in [1.165, 1.54) is 7.11 Å². The molecule has 0 aromatic carbocycles. The van der Waals surface area contributed by atoms with E-state index in [4.69, 9.17) is 9.47 Å². The molecule has 0 N–H and O–H groups in total. The minimum atomic E-state index is -0.0844. The van der Waals surface area contributed by atoms with Crippen molar-refractivity contribution in [2.45, 2.75) is 32.8 Å². The van der Waals surface area contributed by atoms with Gasteiger partial charge in [0.25, 0.3) is 11.8 Å². The van der Waals surface area contributed by atoms with Crippen molar-refractivity contribution < 1.29 is 14.3 Å². The van der Waals surface area contributed by atoms with Crippen molar-refractivity contribution in [1.29, 1.82) is 0 Å². The van der Waals surface area contributed by atoms with Crippen molar-refractivity contribution in [2.75, 3.05) is 20.2 Å². The molecule has 1 saturated heterocycles. The summed E-state index contributed by atoms with van der Waals surface area (Å²) < 4.78 is 11.0. The van der Waals surface area contributed by atoms with Crippen LogP contribution in [-0.2, 0) is 4.79 Å². The fourth-order valence-electron chi connectivity index (χ4n) is 2.26. The molecule has 0 spiro atoms. The first-order valence-corrected chi connectivity index (χ1v) is 7.05. The lowest BCUT2D eigenvalue weighted by Crippen LogP contribution is -2.44. The Labute approximate surface area is 124 Å². The zero-order valence-corrected chi connectivity index (χ0v) is 12.7. The Morgan fingerprint density at radius 2 is 2.05 bits per heavy atom. The summed E-state index contributed by atoms with van der Waals surface area (Å²) >= 11 is 0. The Kier molecular flexibility index (Phi) is 5.14. The van der Waals surface area contributed by atoms with Crippen LogP contribution in [0.15, 0.2) is 24.0 Å². The summed E-state index contributed by atoms with van der Waals surface area (Å²) in [4.78, 5) is 22.1. The second-order valence-electron chi connectivity index (χ2n) is 5.26. The topological polar surface area (TPSA) is 64.6 Å². The number of nitrogens with zero attached hydrogens (tertiary/aromatic N) is 3. The molecule has 1 amide bonds. The average Bonchev–Trinajstić information content (AvgIpc) is 2.47. The van der Waals surface area contributed by atoms with Gasteiger partial charge in [0.1, 0.15) is 6.10 Å². The van der Waals surface area contributed by atoms with E-state index >= 15 is 0 Å². The third kappa shape index (κ3) is 4.18. The van der Waals surface area contributed by atoms with E-state index in [0.717, 1.165) is 25.0 Å². The Morgan fingerprint density at radius 1 is 1.33 bits per heavy atom. The lowest BCUT2D eigenvalue weighted by atomic mass is 10.1. The minimum Gasteiger partial charge on any atom is -0.477 e. The molecule has 21 heavy (non-hydrogen) atoms. The van der Waals surface area contributed by atoms with E-state index in [2.05, 4.69) is 9.97 Å². The molecule has 2 heterocycles. The number of amides is 1. The maximum absolute atomic E-state index is 12.1. The highest BCUT2D eigenvalue weighted by atomic mass is 16.5. The first kappa shape index (κ1) is 15.3. The first-order valence-electron chi connectivity index (χ1n) is 7.05. The van der Waals surface area contributed by atoms with E-state index in [1.807, 2.05) is 18.7 Å². The fraction of sp³-hybridized carbons (Fsp3) is 0.533. The number of methoxy groups -OCH3 is 1. The molecule has 1 atom stereocenters. The number of rotatable bonds is 4. The second-order valence-corrected chi connectivity index (χ2v) is 5.26. The molecular weight excluding hydrogens is 270 g/mol. The molecule has 6 nitrogen and oxygen atoms in total. The number of hydrogen-bond acceptors (Lipinski definition) is 5. The lowest BCUT2D eigenvalue weighted by Gasteiger charge is -2.32. The normalized spacial score (nSPS) is 18.0. The van der Waals surface area contributed by atoms with Gasteiger partial charge in [-0.3, -0.25) is 4.79 Å². The van der Waals surface area contributed by atoms with Gasteiger partial charge in [0, 0.05) is 25.0 Å². The summed E-state index contributed by atoms with van der Waals surface area (Å²) in [6.45, 7) is 5.16. The van der Waals surface area contributed by atoms with Gasteiger partial charge in [-0.05, 0) is 26.7 Å². The molecule has 1 aliphatic rings. The molecule has 0 aliphatic carbocycles. The van der Waals surface area contributed by atoms with E-state index in [-0.39, 0.29) is 12.0 Å². The van der Waals surface area contributed by atoms with Crippen LogP contribution >= 0.6 is 0 Å². The van der Waals surface area contributed by atoms with Gasteiger partial charge in [0.2, 0.25) is 5.91 Å². The van der Waals surface area contributed by atoms with Gasteiger partial charge in [0.05, 0.1) is 13.7 Å². The predicted octanol–water partition coefficient (Wildman–Crippen LogP) is 1.82. The van der Waals surface area contributed by atoms with Crippen molar-refractivity contribution in [1.82, 2.24) is 14.9 Å². The van der Waals surface area contributed by atoms with Gasteiger partial charge >= 0.3 is 0 Å². The van der Waals surface area contributed by atoms with Gasteiger partial charge in [-0.2, -0.15) is 0 Å². The molecule has 0 bridgehead atoms. The van der Waals surface area contributed by atoms with Gasteiger partial charge < -0.3 is 14.4 Å². The van der Waals surface area contributed by atoms with Crippen LogP contribution in [0.25, 0.3) is 0 Å². The Hall–Kier alpha value is -2.11. The van der Waals surface area contributed by atoms with Crippen molar-refractivity contribution in [3.8, 4) is 11.8 Å². The molecule has 1 fully saturated rings. The number of carbonyl (C=O) groups is 1. The maximum atomic E-state index is 12.1. The predicted molar refractivity (Wildman–Crippen MR) is 78.2 cm³/mol. The number of likely N-dealkylation sites (tertiary alicyclic amines) is 1. The standard InChI is InChI=1S/C15H21N3O3/c1-11(2)9-13(19)18-8-4-5-12(10-18)21-15-14(20-3)16-6-7-17-15/h6-7,9,12H,4-5,8,10H2,1-3H3/t12-/m1/s1. The van der Waals surface area contributed by atoms with E-state index in [0.29, 0.717) is 18.3 Å². The smallest absolute Gasteiger partial charge is 0.278 e. The zero-order chi connectivity index (χ0) is 15.2. The molecule has 6 heteroatoms. The number of allylic oxidation sites excluding steroid dienone is 1. The highest BCUT2D eigenvalue weighted by molar-refractivity contribution is 5.88. The third-order valence-electron chi connectivity index (χ3n) is 3.21. The summed E-state index contributed by atoms with van der Waals surface area (Å²) in [7, 11) is 1.53. The highest BCUT2D eigenvalue weighted by Gasteiger charge is 2.25. The fourth-order valence-corrected chi connectivity index (χ4v) is 2.26. The number of piperidine rings is 1. The van der Waals surface area contributed by atoms with Crippen LogP contribution in [0, 0.1) is 0 Å². The minimum absolute atomic E-state index is 0.0365. The van der Waals surface area contributed by atoms with Gasteiger partial charge in [-0.15, -0.1) is 0 Å². The summed E-state index contributed by atoms with van der Waals surface area (Å²) in [5.41, 5.74) is 0.999. The summed E-state index contributed by atoms with van der Waals surface area (Å²) in [5, 5.41) is 0. The largest absolute Gasteiger partial charge is 0.477 e. The first-order chi connectivity index (χ1) is 10.1. The molecule has 1 aliphatic heterocycles. The molecule has 0 radical (unpaired) electrons. The number of aromatic nitrogens is 2. The van der Waals surface area contributed by atoms with Crippen LogP contribution in [0.4, 0.5) is 0 Å². The highest BCUT2D eigenvalue weighted by Crippen LogP contribution is 2.23. The number of hydrogen-bond donors (Lipinski definition) is 0. The molecule has 0 saturated carbocycles. The zero-order valence-electron chi connectivity index (χ0n) is 12.7. The molecule has 114 valence electrons. The Morgan fingerprint density at radius 3 is 2.71 bits per heavy atom. The summed E-state index contributed by atoms with van der Waals surface area (Å²) in [6, 6.07) is 0. The van der Waals surface area contributed by atoms with Crippen LogP contribution in [0.5, 0.6) is 11.8 Å². The Bertz CT molecular complexity index is 527. The van der Waals surface area contributed by atoms with Crippen LogP contribution in [0.3, 0.4) is 0 Å². The van der Waals surface area contributed by atoms with Gasteiger partial charge in [-0.1, -0.05) is 5.57 Å². The second kappa shape index (κ2) is 7.06. The number of carbonyl (C=O) groups excluding carboxylic acids is 1. The third-order valence-corrected chi connectivity index (χ3v) is 3.21. The van der Waals surface area contributed by atoms with Crippen molar-refractivity contribution in [3.63, 3.8) is 0 Å². The van der Waals surface area contributed by atoms with Crippen LogP contribution in [0.1, 0.15) is 26.7 Å². The van der Waals surface area contributed by atoms with Gasteiger partial charge in [-0.25, -0.2) is 9.97 Å². The monoisotopic (exact) mass is 291 g/mol. The van der Waals surface area contributed by atoms with E-state index in [9.17, 15) is 4.79 Å². The molecular formula is C15H21N3O3. The summed E-state index contributed by atoms with van der Waals surface area (Å²) in [5.74, 6) is 0.779.